The number of rotatable bonds is 6. The van der Waals surface area contributed by atoms with Crippen LogP contribution in [0.2, 0.25) is 0 Å². The van der Waals surface area contributed by atoms with Crippen LogP contribution < -0.4 is 5.32 Å². The maximum absolute atomic E-state index is 4.42. The highest BCUT2D eigenvalue weighted by atomic mass is 15.3. The molecule has 1 saturated heterocycles. The van der Waals surface area contributed by atoms with Crippen LogP contribution in [0.1, 0.15) is 31.7 Å². The Kier molecular flexibility index (Phi) is 7.40. The zero-order valence-electron chi connectivity index (χ0n) is 15.0. The summed E-state index contributed by atoms with van der Waals surface area (Å²) >= 11 is 0. The van der Waals surface area contributed by atoms with E-state index in [0.29, 0.717) is 0 Å². The van der Waals surface area contributed by atoms with Crippen molar-refractivity contribution in [3.05, 3.63) is 35.9 Å². The molecule has 4 nitrogen and oxygen atoms in total. The molecule has 1 N–H and O–H groups in total. The largest absolute Gasteiger partial charge is 0.356 e. The number of likely N-dealkylation sites (tertiary alicyclic amines) is 1. The molecule has 0 amide bonds. The van der Waals surface area contributed by atoms with Gasteiger partial charge in [-0.05, 0) is 50.4 Å². The number of hydrogen-bond donors (Lipinski definition) is 1. The molecule has 23 heavy (non-hydrogen) atoms. The SMILES string of the molecule is CCN1CCC(CCNC(=NC)N(C)Cc2ccccc2)CC1. The third-order valence-corrected chi connectivity index (χ3v) is 4.83. The van der Waals surface area contributed by atoms with Crippen LogP contribution in [0.25, 0.3) is 0 Å². The summed E-state index contributed by atoms with van der Waals surface area (Å²) in [5, 5.41) is 3.52. The van der Waals surface area contributed by atoms with Crippen LogP contribution in [0, 0.1) is 5.92 Å². The van der Waals surface area contributed by atoms with Gasteiger partial charge in [-0.2, -0.15) is 0 Å². The van der Waals surface area contributed by atoms with Gasteiger partial charge >= 0.3 is 0 Å². The Labute approximate surface area is 141 Å². The predicted molar refractivity (Wildman–Crippen MR) is 98.7 cm³/mol. The topological polar surface area (TPSA) is 30.9 Å². The fourth-order valence-electron chi connectivity index (χ4n) is 3.30. The van der Waals surface area contributed by atoms with E-state index in [4.69, 9.17) is 0 Å². The number of benzene rings is 1. The molecule has 0 aromatic heterocycles. The summed E-state index contributed by atoms with van der Waals surface area (Å²) in [6.07, 6.45) is 3.93. The fourth-order valence-corrected chi connectivity index (χ4v) is 3.30. The first-order valence-electron chi connectivity index (χ1n) is 8.91. The number of hydrogen-bond acceptors (Lipinski definition) is 2. The van der Waals surface area contributed by atoms with Crippen molar-refractivity contribution in [2.24, 2.45) is 10.9 Å². The number of piperidine rings is 1. The lowest BCUT2D eigenvalue weighted by Gasteiger charge is -2.31. The third-order valence-electron chi connectivity index (χ3n) is 4.83. The Hall–Kier alpha value is -1.55. The van der Waals surface area contributed by atoms with E-state index in [1.165, 1.54) is 44.5 Å². The quantitative estimate of drug-likeness (QED) is 0.647. The van der Waals surface area contributed by atoms with Gasteiger partial charge in [0.25, 0.3) is 0 Å². The first-order valence-corrected chi connectivity index (χ1v) is 8.91. The van der Waals surface area contributed by atoms with E-state index in [-0.39, 0.29) is 0 Å². The molecule has 0 spiro atoms. The fraction of sp³-hybridized carbons (Fsp3) is 0.632. The van der Waals surface area contributed by atoms with Crippen molar-refractivity contribution in [1.82, 2.24) is 15.1 Å². The minimum Gasteiger partial charge on any atom is -0.356 e. The molecule has 1 aromatic carbocycles. The maximum atomic E-state index is 4.42. The lowest BCUT2D eigenvalue weighted by molar-refractivity contribution is 0.187. The van der Waals surface area contributed by atoms with Gasteiger partial charge in [0.05, 0.1) is 0 Å². The first kappa shape index (κ1) is 17.8. The highest BCUT2D eigenvalue weighted by molar-refractivity contribution is 5.79. The highest BCUT2D eigenvalue weighted by Gasteiger charge is 2.17. The summed E-state index contributed by atoms with van der Waals surface area (Å²) in [6, 6.07) is 10.5. The van der Waals surface area contributed by atoms with Crippen LogP contribution in [0.5, 0.6) is 0 Å². The van der Waals surface area contributed by atoms with Gasteiger partial charge in [0, 0.05) is 27.2 Å². The van der Waals surface area contributed by atoms with Crippen LogP contribution in [-0.4, -0.2) is 56.0 Å². The molecule has 0 radical (unpaired) electrons. The van der Waals surface area contributed by atoms with Gasteiger partial charge in [0.1, 0.15) is 0 Å². The summed E-state index contributed by atoms with van der Waals surface area (Å²) < 4.78 is 0. The molecule has 0 unspecified atom stereocenters. The molecule has 1 aliphatic heterocycles. The molecule has 0 aliphatic carbocycles. The lowest BCUT2D eigenvalue weighted by atomic mass is 9.93. The van der Waals surface area contributed by atoms with E-state index in [9.17, 15) is 0 Å². The molecule has 0 bridgehead atoms. The standard InChI is InChI=1S/C19H32N4/c1-4-23-14-11-17(12-15-23)10-13-21-19(20-2)22(3)16-18-8-6-5-7-9-18/h5-9,17H,4,10-16H2,1-3H3,(H,20,21). The molecule has 2 rings (SSSR count). The van der Waals surface area contributed by atoms with Gasteiger partial charge in [-0.3, -0.25) is 4.99 Å². The zero-order valence-corrected chi connectivity index (χ0v) is 15.0. The summed E-state index contributed by atoms with van der Waals surface area (Å²) in [6.45, 7) is 7.89. The van der Waals surface area contributed by atoms with Crippen LogP contribution in [-0.2, 0) is 6.54 Å². The highest BCUT2D eigenvalue weighted by Crippen LogP contribution is 2.19. The van der Waals surface area contributed by atoms with Crippen molar-refractivity contribution in [1.29, 1.82) is 0 Å². The Morgan fingerprint density at radius 3 is 2.57 bits per heavy atom. The molecule has 4 heteroatoms. The first-order chi connectivity index (χ1) is 11.2. The van der Waals surface area contributed by atoms with E-state index in [1.807, 2.05) is 7.05 Å². The van der Waals surface area contributed by atoms with E-state index < -0.39 is 0 Å². The monoisotopic (exact) mass is 316 g/mol. The number of aliphatic imine (C=N–C) groups is 1. The minimum atomic E-state index is 0.864. The van der Waals surface area contributed by atoms with Gasteiger partial charge < -0.3 is 15.1 Å². The van der Waals surface area contributed by atoms with Crippen LogP contribution in [0.4, 0.5) is 0 Å². The van der Waals surface area contributed by atoms with Crippen LogP contribution in [0.3, 0.4) is 0 Å². The van der Waals surface area contributed by atoms with Crippen molar-refractivity contribution in [3.8, 4) is 0 Å². The average Bonchev–Trinajstić information content (AvgIpc) is 2.60. The average molecular weight is 316 g/mol. The smallest absolute Gasteiger partial charge is 0.193 e. The molecular formula is C19H32N4. The Balaban J connectivity index is 1.70. The van der Waals surface area contributed by atoms with Gasteiger partial charge in [-0.15, -0.1) is 0 Å². The number of guanidine groups is 1. The van der Waals surface area contributed by atoms with E-state index >= 15 is 0 Å². The van der Waals surface area contributed by atoms with Gasteiger partial charge in [-0.25, -0.2) is 0 Å². The summed E-state index contributed by atoms with van der Waals surface area (Å²) in [7, 11) is 3.96. The van der Waals surface area contributed by atoms with Crippen molar-refractivity contribution in [3.63, 3.8) is 0 Å². The lowest BCUT2D eigenvalue weighted by Crippen LogP contribution is -2.40. The van der Waals surface area contributed by atoms with Gasteiger partial charge in [0.15, 0.2) is 5.96 Å². The van der Waals surface area contributed by atoms with Crippen molar-refractivity contribution < 1.29 is 0 Å². The van der Waals surface area contributed by atoms with Crippen molar-refractivity contribution in [2.45, 2.75) is 32.7 Å². The zero-order chi connectivity index (χ0) is 16.5. The number of nitrogens with zero attached hydrogens (tertiary/aromatic N) is 3. The van der Waals surface area contributed by atoms with Crippen LogP contribution in [0.15, 0.2) is 35.3 Å². The van der Waals surface area contributed by atoms with E-state index in [2.05, 4.69) is 64.4 Å². The van der Waals surface area contributed by atoms with Gasteiger partial charge in [0.2, 0.25) is 0 Å². The van der Waals surface area contributed by atoms with Crippen molar-refractivity contribution >= 4 is 5.96 Å². The second kappa shape index (κ2) is 9.56. The van der Waals surface area contributed by atoms with Crippen molar-refractivity contribution in [2.75, 3.05) is 40.3 Å². The summed E-state index contributed by atoms with van der Waals surface area (Å²) in [5.74, 6) is 1.85. The van der Waals surface area contributed by atoms with E-state index in [0.717, 1.165) is 25.0 Å². The third kappa shape index (κ3) is 5.87. The number of nitrogens with one attached hydrogen (secondary N) is 1. The Morgan fingerprint density at radius 2 is 1.96 bits per heavy atom. The Morgan fingerprint density at radius 1 is 1.26 bits per heavy atom. The maximum Gasteiger partial charge on any atom is 0.193 e. The molecule has 1 aromatic rings. The Bertz CT molecular complexity index is 464. The molecule has 1 aliphatic rings. The molecule has 1 heterocycles. The predicted octanol–water partition coefficient (Wildman–Crippen LogP) is 2.82. The summed E-state index contributed by atoms with van der Waals surface area (Å²) in [5.41, 5.74) is 1.31. The molecule has 0 atom stereocenters. The van der Waals surface area contributed by atoms with E-state index in [1.54, 1.807) is 0 Å². The minimum absolute atomic E-state index is 0.864. The second-order valence-electron chi connectivity index (χ2n) is 6.48. The molecule has 1 fully saturated rings. The normalized spacial score (nSPS) is 17.3. The second-order valence-corrected chi connectivity index (χ2v) is 6.48. The summed E-state index contributed by atoms with van der Waals surface area (Å²) in [4.78, 5) is 9.16. The molecule has 128 valence electrons. The molecular weight excluding hydrogens is 284 g/mol. The van der Waals surface area contributed by atoms with Gasteiger partial charge in [-0.1, -0.05) is 37.3 Å². The van der Waals surface area contributed by atoms with Crippen LogP contribution >= 0.6 is 0 Å². The molecule has 0 saturated carbocycles.